The fraction of sp³-hybridized carbons (Fsp3) is 0.206. The first-order valence-electron chi connectivity index (χ1n) is 13.7. The zero-order valence-corrected chi connectivity index (χ0v) is 24.6. The highest BCUT2D eigenvalue weighted by atomic mass is 16.5. The molecule has 1 aromatic heterocycles. The number of nitrogens with two attached hydrogens (primary N) is 1. The molecule has 3 aromatic carbocycles. The van der Waals surface area contributed by atoms with Gasteiger partial charge in [-0.05, 0) is 65.9 Å². The van der Waals surface area contributed by atoms with Gasteiger partial charge < -0.3 is 20.5 Å². The SMILES string of the molecule is Cc1ccc(-c2ccc(C(=O)OCC(C)(C)C)cc2C(=O)OCc2ccccc2)c(C(=O)Nc2ccc(C(=N)N)cc2)n1. The van der Waals surface area contributed by atoms with Gasteiger partial charge in [0.1, 0.15) is 18.1 Å². The van der Waals surface area contributed by atoms with Crippen LogP contribution in [0.3, 0.4) is 0 Å². The summed E-state index contributed by atoms with van der Waals surface area (Å²) in [7, 11) is 0. The Morgan fingerprint density at radius 1 is 0.837 bits per heavy atom. The molecule has 4 aromatic rings. The van der Waals surface area contributed by atoms with Crippen molar-refractivity contribution < 1.29 is 23.9 Å². The molecular weight excluding hydrogens is 544 g/mol. The second kappa shape index (κ2) is 13.1. The van der Waals surface area contributed by atoms with E-state index < -0.39 is 17.8 Å². The number of amidine groups is 1. The molecule has 0 spiro atoms. The Bertz CT molecular complexity index is 1660. The monoisotopic (exact) mass is 578 g/mol. The largest absolute Gasteiger partial charge is 0.462 e. The van der Waals surface area contributed by atoms with Gasteiger partial charge in [-0.15, -0.1) is 0 Å². The van der Waals surface area contributed by atoms with Gasteiger partial charge in [0.05, 0.1) is 17.7 Å². The van der Waals surface area contributed by atoms with Gasteiger partial charge in [-0.3, -0.25) is 10.2 Å². The highest BCUT2D eigenvalue weighted by molar-refractivity contribution is 6.10. The first-order valence-corrected chi connectivity index (χ1v) is 13.7. The van der Waals surface area contributed by atoms with Crippen molar-refractivity contribution in [2.75, 3.05) is 11.9 Å². The van der Waals surface area contributed by atoms with E-state index in [0.717, 1.165) is 5.56 Å². The van der Waals surface area contributed by atoms with Gasteiger partial charge in [0.25, 0.3) is 5.91 Å². The fourth-order valence-electron chi connectivity index (χ4n) is 4.11. The number of carbonyl (C=O) groups excluding carboxylic acids is 3. The summed E-state index contributed by atoms with van der Waals surface area (Å²) in [4.78, 5) is 44.4. The van der Waals surface area contributed by atoms with E-state index in [0.29, 0.717) is 28.1 Å². The van der Waals surface area contributed by atoms with Crippen molar-refractivity contribution >= 4 is 29.4 Å². The fourth-order valence-corrected chi connectivity index (χ4v) is 4.11. The molecular formula is C34H34N4O5. The van der Waals surface area contributed by atoms with Gasteiger partial charge in [0.2, 0.25) is 0 Å². The van der Waals surface area contributed by atoms with Crippen LogP contribution in [0.4, 0.5) is 5.69 Å². The number of amides is 1. The van der Waals surface area contributed by atoms with Crippen molar-refractivity contribution in [2.24, 2.45) is 11.1 Å². The molecule has 1 heterocycles. The van der Waals surface area contributed by atoms with E-state index in [1.165, 1.54) is 6.07 Å². The maximum Gasteiger partial charge on any atom is 0.339 e. The van der Waals surface area contributed by atoms with E-state index in [-0.39, 0.29) is 41.3 Å². The standard InChI is InChI=1S/C34H34N4O5/c1-21-10-16-27(29(37-21)31(39)38-25-14-11-23(12-15-25)30(35)36)26-17-13-24(32(40)43-20-34(2,3)4)18-28(26)33(41)42-19-22-8-6-5-7-9-22/h5-18H,19-20H2,1-4H3,(H3,35,36)(H,38,39). The van der Waals surface area contributed by atoms with Crippen molar-refractivity contribution in [3.8, 4) is 11.1 Å². The number of pyridine rings is 1. The summed E-state index contributed by atoms with van der Waals surface area (Å²) in [6, 6.07) is 23.8. The molecule has 43 heavy (non-hydrogen) atoms. The molecule has 4 N–H and O–H groups in total. The number of hydrogen-bond acceptors (Lipinski definition) is 7. The number of ether oxygens (including phenoxy) is 2. The number of aryl methyl sites for hydroxylation is 1. The molecule has 220 valence electrons. The summed E-state index contributed by atoms with van der Waals surface area (Å²) < 4.78 is 11.1. The molecule has 0 saturated heterocycles. The van der Waals surface area contributed by atoms with Crippen LogP contribution in [0, 0.1) is 17.7 Å². The molecule has 0 aliphatic rings. The summed E-state index contributed by atoms with van der Waals surface area (Å²) in [6.45, 7) is 7.82. The lowest BCUT2D eigenvalue weighted by molar-refractivity contribution is 0.0366. The number of esters is 2. The van der Waals surface area contributed by atoms with Crippen molar-refractivity contribution in [2.45, 2.75) is 34.3 Å². The molecule has 0 unspecified atom stereocenters. The molecule has 0 bridgehead atoms. The topological polar surface area (TPSA) is 144 Å². The van der Waals surface area contributed by atoms with E-state index in [1.807, 2.05) is 51.1 Å². The van der Waals surface area contributed by atoms with E-state index in [2.05, 4.69) is 10.3 Å². The quantitative estimate of drug-likeness (QED) is 0.123. The summed E-state index contributed by atoms with van der Waals surface area (Å²) in [5.74, 6) is -1.84. The molecule has 9 heteroatoms. The molecule has 1 amide bonds. The third-order valence-corrected chi connectivity index (χ3v) is 6.32. The molecule has 0 aliphatic carbocycles. The second-order valence-electron chi connectivity index (χ2n) is 11.3. The van der Waals surface area contributed by atoms with Crippen LogP contribution in [0.15, 0.2) is 84.9 Å². The Balaban J connectivity index is 1.72. The lowest BCUT2D eigenvalue weighted by Crippen LogP contribution is -2.19. The normalized spacial score (nSPS) is 11.0. The van der Waals surface area contributed by atoms with Gasteiger partial charge in [-0.25, -0.2) is 14.6 Å². The third kappa shape index (κ3) is 8.13. The summed E-state index contributed by atoms with van der Waals surface area (Å²) >= 11 is 0. The van der Waals surface area contributed by atoms with Crippen LogP contribution in [0.2, 0.25) is 0 Å². The molecule has 0 radical (unpaired) electrons. The van der Waals surface area contributed by atoms with Crippen LogP contribution in [-0.4, -0.2) is 35.3 Å². The van der Waals surface area contributed by atoms with Crippen molar-refractivity contribution in [3.05, 3.63) is 119 Å². The first-order chi connectivity index (χ1) is 20.4. The third-order valence-electron chi connectivity index (χ3n) is 6.32. The minimum atomic E-state index is -0.670. The highest BCUT2D eigenvalue weighted by Crippen LogP contribution is 2.30. The van der Waals surface area contributed by atoms with Gasteiger partial charge >= 0.3 is 11.9 Å². The number of benzene rings is 3. The van der Waals surface area contributed by atoms with Crippen LogP contribution in [0.5, 0.6) is 0 Å². The summed E-state index contributed by atoms with van der Waals surface area (Å²) in [5.41, 5.74) is 8.78. The average Bonchev–Trinajstić information content (AvgIpc) is 2.98. The van der Waals surface area contributed by atoms with Crippen molar-refractivity contribution in [1.29, 1.82) is 5.41 Å². The molecule has 4 rings (SSSR count). The Hall–Kier alpha value is -5.31. The molecule has 0 atom stereocenters. The van der Waals surface area contributed by atoms with Gasteiger partial charge in [-0.1, -0.05) is 63.2 Å². The zero-order chi connectivity index (χ0) is 31.1. The maximum absolute atomic E-state index is 13.5. The lowest BCUT2D eigenvalue weighted by Gasteiger charge is -2.18. The molecule has 0 saturated carbocycles. The van der Waals surface area contributed by atoms with E-state index in [9.17, 15) is 14.4 Å². The number of nitrogen functional groups attached to an aromatic ring is 1. The van der Waals surface area contributed by atoms with E-state index >= 15 is 0 Å². The average molecular weight is 579 g/mol. The second-order valence-corrected chi connectivity index (χ2v) is 11.3. The lowest BCUT2D eigenvalue weighted by atomic mass is 9.95. The van der Waals surface area contributed by atoms with E-state index in [1.54, 1.807) is 55.5 Å². The number of rotatable bonds is 9. The van der Waals surface area contributed by atoms with Crippen LogP contribution >= 0.6 is 0 Å². The van der Waals surface area contributed by atoms with Crippen molar-refractivity contribution in [3.63, 3.8) is 0 Å². The highest BCUT2D eigenvalue weighted by Gasteiger charge is 2.24. The number of nitrogens with one attached hydrogen (secondary N) is 2. The smallest absolute Gasteiger partial charge is 0.339 e. The Labute approximate surface area is 250 Å². The van der Waals surface area contributed by atoms with Crippen LogP contribution < -0.4 is 11.1 Å². The van der Waals surface area contributed by atoms with Gasteiger partial charge in [-0.2, -0.15) is 0 Å². The van der Waals surface area contributed by atoms with Crippen LogP contribution in [0.25, 0.3) is 11.1 Å². The van der Waals surface area contributed by atoms with Crippen molar-refractivity contribution in [1.82, 2.24) is 4.98 Å². The predicted molar refractivity (Wildman–Crippen MR) is 165 cm³/mol. The number of anilines is 1. The minimum Gasteiger partial charge on any atom is -0.462 e. The predicted octanol–water partition coefficient (Wildman–Crippen LogP) is 6.15. The van der Waals surface area contributed by atoms with Crippen LogP contribution in [-0.2, 0) is 16.1 Å². The maximum atomic E-state index is 13.5. The van der Waals surface area contributed by atoms with E-state index in [4.69, 9.17) is 20.6 Å². The van der Waals surface area contributed by atoms with Crippen LogP contribution in [0.1, 0.15) is 68.8 Å². The summed E-state index contributed by atoms with van der Waals surface area (Å²) in [6.07, 6.45) is 0. The molecule has 0 fully saturated rings. The number of nitrogens with zero attached hydrogens (tertiary/aromatic N) is 1. The number of hydrogen-bond donors (Lipinski definition) is 3. The zero-order valence-electron chi connectivity index (χ0n) is 24.6. The Kier molecular flexibility index (Phi) is 9.35. The minimum absolute atomic E-state index is 0.0214. The summed E-state index contributed by atoms with van der Waals surface area (Å²) in [5, 5.41) is 10.4. The Morgan fingerprint density at radius 2 is 1.49 bits per heavy atom. The number of carbonyl (C=O) groups is 3. The van der Waals surface area contributed by atoms with Gasteiger partial charge in [0, 0.05) is 22.5 Å². The molecule has 9 nitrogen and oxygen atoms in total. The molecule has 0 aliphatic heterocycles. The number of aromatic nitrogens is 1. The Morgan fingerprint density at radius 3 is 2.14 bits per heavy atom. The first kappa shape index (κ1) is 30.6. The van der Waals surface area contributed by atoms with Gasteiger partial charge in [0.15, 0.2) is 0 Å².